The maximum atomic E-state index is 4.66. The Bertz CT molecular complexity index is 85.4. The van der Waals surface area contributed by atoms with Crippen molar-refractivity contribution < 1.29 is 0 Å². The third kappa shape index (κ3) is 0.555. The molecule has 0 radical (unpaired) electrons. The highest BCUT2D eigenvalue weighted by Gasteiger charge is 2.11. The van der Waals surface area contributed by atoms with Crippen molar-refractivity contribution in [2.45, 2.75) is 6.42 Å². The summed E-state index contributed by atoms with van der Waals surface area (Å²) in [5, 5.41) is 2.77. The topological polar surface area (TPSA) is 12.0 Å². The van der Waals surface area contributed by atoms with Crippen LogP contribution >= 0.6 is 24.4 Å². The first-order valence-corrected chi connectivity index (χ1v) is 2.43. The van der Waals surface area contributed by atoms with Gasteiger partial charge in [0.15, 0.2) is 0 Å². The van der Waals surface area contributed by atoms with E-state index in [0.29, 0.717) is 0 Å². The van der Waals surface area contributed by atoms with E-state index in [-0.39, 0.29) is 0 Å². The fourth-order valence-corrected chi connectivity index (χ4v) is 0.974. The Labute approximate surface area is 46.7 Å². The van der Waals surface area contributed by atoms with Gasteiger partial charge in [0.05, 0.1) is 9.98 Å². The van der Waals surface area contributed by atoms with Crippen molar-refractivity contribution >= 4 is 34.4 Å². The maximum Gasteiger partial charge on any atom is 0.0869 e. The maximum absolute atomic E-state index is 4.66. The average Bonchev–Trinajstić information content (AvgIpc) is 1.33. The summed E-state index contributed by atoms with van der Waals surface area (Å²) in [6, 6.07) is 0. The lowest BCUT2D eigenvalue weighted by atomic mass is 10.3. The molecular formula is C3H3NS2. The van der Waals surface area contributed by atoms with E-state index < -0.39 is 0 Å². The van der Waals surface area contributed by atoms with Gasteiger partial charge in [0.25, 0.3) is 0 Å². The Morgan fingerprint density at radius 2 is 1.67 bits per heavy atom. The zero-order valence-electron chi connectivity index (χ0n) is 3.02. The molecule has 0 aromatic heterocycles. The summed E-state index contributed by atoms with van der Waals surface area (Å²) in [5.41, 5.74) is 0. The van der Waals surface area contributed by atoms with Gasteiger partial charge >= 0.3 is 0 Å². The minimum atomic E-state index is 0.824. The molecule has 0 aliphatic carbocycles. The zero-order chi connectivity index (χ0) is 4.57. The van der Waals surface area contributed by atoms with Crippen LogP contribution in [-0.2, 0) is 0 Å². The molecule has 0 saturated carbocycles. The Morgan fingerprint density at radius 3 is 1.67 bits per heavy atom. The second-order valence-corrected chi connectivity index (χ2v) is 2.13. The minimum Gasteiger partial charge on any atom is -0.344 e. The highest BCUT2D eigenvalue weighted by Crippen LogP contribution is 1.96. The molecule has 0 aromatic carbocycles. The number of hydrogen-bond acceptors (Lipinski definition) is 2. The molecule has 0 unspecified atom stereocenters. The minimum absolute atomic E-state index is 0.824. The van der Waals surface area contributed by atoms with Crippen molar-refractivity contribution in [3.63, 3.8) is 0 Å². The molecule has 0 aromatic rings. The fraction of sp³-hybridized carbons (Fsp3) is 0.333. The van der Waals surface area contributed by atoms with Gasteiger partial charge in [0.1, 0.15) is 0 Å². The first-order chi connectivity index (χ1) is 2.79. The lowest BCUT2D eigenvalue weighted by molar-refractivity contribution is 1.23. The summed E-state index contributed by atoms with van der Waals surface area (Å²) in [7, 11) is 0. The zero-order valence-corrected chi connectivity index (χ0v) is 4.66. The van der Waals surface area contributed by atoms with Gasteiger partial charge in [-0.05, 0) is 0 Å². The van der Waals surface area contributed by atoms with E-state index in [4.69, 9.17) is 0 Å². The second-order valence-electron chi connectivity index (χ2n) is 1.15. The van der Waals surface area contributed by atoms with Crippen LogP contribution in [0.1, 0.15) is 6.42 Å². The largest absolute Gasteiger partial charge is 0.344 e. The Hall–Kier alpha value is -0.0200. The normalized spacial score (nSPS) is 19.3. The van der Waals surface area contributed by atoms with E-state index >= 15 is 0 Å². The molecule has 1 fully saturated rings. The molecule has 1 nitrogen and oxygen atoms in total. The van der Waals surface area contributed by atoms with Crippen LogP contribution < -0.4 is 5.32 Å². The average molecular weight is 117 g/mol. The van der Waals surface area contributed by atoms with Gasteiger partial charge in [0.2, 0.25) is 0 Å². The summed E-state index contributed by atoms with van der Waals surface area (Å²) in [6.07, 6.45) is 0.824. The third-order valence-electron chi connectivity index (χ3n) is 0.600. The van der Waals surface area contributed by atoms with Gasteiger partial charge in [-0.15, -0.1) is 0 Å². The van der Waals surface area contributed by atoms with Crippen LogP contribution in [0.3, 0.4) is 0 Å². The van der Waals surface area contributed by atoms with Crippen molar-refractivity contribution in [3.8, 4) is 0 Å². The van der Waals surface area contributed by atoms with E-state index in [1.165, 1.54) is 0 Å². The van der Waals surface area contributed by atoms with Gasteiger partial charge in [-0.1, -0.05) is 24.4 Å². The van der Waals surface area contributed by atoms with Crippen molar-refractivity contribution in [1.82, 2.24) is 5.32 Å². The summed E-state index contributed by atoms with van der Waals surface area (Å²) >= 11 is 9.32. The summed E-state index contributed by atoms with van der Waals surface area (Å²) in [5.74, 6) is 0. The van der Waals surface area contributed by atoms with E-state index in [9.17, 15) is 0 Å². The van der Waals surface area contributed by atoms with Crippen molar-refractivity contribution in [2.75, 3.05) is 0 Å². The van der Waals surface area contributed by atoms with Crippen LogP contribution in [0.25, 0.3) is 0 Å². The van der Waals surface area contributed by atoms with Gasteiger partial charge in [0, 0.05) is 6.42 Å². The van der Waals surface area contributed by atoms with Gasteiger partial charge < -0.3 is 5.32 Å². The predicted molar refractivity (Wildman–Crippen MR) is 32.9 cm³/mol. The molecule has 1 saturated heterocycles. The molecule has 6 heavy (non-hydrogen) atoms. The molecule has 32 valence electrons. The highest BCUT2D eigenvalue weighted by molar-refractivity contribution is 7.83. The number of rotatable bonds is 0. The van der Waals surface area contributed by atoms with Crippen LogP contribution in [0.4, 0.5) is 0 Å². The lowest BCUT2D eigenvalue weighted by Gasteiger charge is -2.16. The molecule has 0 amide bonds. The van der Waals surface area contributed by atoms with E-state index in [0.717, 1.165) is 16.4 Å². The van der Waals surface area contributed by atoms with Crippen LogP contribution in [0.2, 0.25) is 0 Å². The van der Waals surface area contributed by atoms with E-state index in [1.54, 1.807) is 0 Å². The van der Waals surface area contributed by atoms with Gasteiger partial charge in [-0.3, -0.25) is 0 Å². The molecule has 0 spiro atoms. The van der Waals surface area contributed by atoms with Crippen LogP contribution in [0.15, 0.2) is 0 Å². The lowest BCUT2D eigenvalue weighted by Crippen LogP contribution is -2.40. The molecule has 0 bridgehead atoms. The molecular weight excluding hydrogens is 114 g/mol. The summed E-state index contributed by atoms with van der Waals surface area (Å²) < 4.78 is 0. The predicted octanol–water partition coefficient (Wildman–Crippen LogP) is 0.635. The SMILES string of the molecule is S=C1CC(=S)N1. The summed E-state index contributed by atoms with van der Waals surface area (Å²) in [6.45, 7) is 0. The number of hydrogen-bond donors (Lipinski definition) is 1. The fourth-order valence-electron chi connectivity index (χ4n) is 0.283. The van der Waals surface area contributed by atoms with Crippen LogP contribution in [0.5, 0.6) is 0 Å². The Balaban J connectivity index is 2.47. The van der Waals surface area contributed by atoms with Crippen LogP contribution in [0, 0.1) is 0 Å². The molecule has 1 aliphatic heterocycles. The molecule has 1 rings (SSSR count). The highest BCUT2D eigenvalue weighted by atomic mass is 32.1. The van der Waals surface area contributed by atoms with Crippen LogP contribution in [-0.4, -0.2) is 9.98 Å². The third-order valence-corrected chi connectivity index (χ3v) is 1.09. The molecule has 3 heteroatoms. The van der Waals surface area contributed by atoms with Gasteiger partial charge in [-0.25, -0.2) is 0 Å². The monoisotopic (exact) mass is 117 g/mol. The summed E-state index contributed by atoms with van der Waals surface area (Å²) in [4.78, 5) is 1.75. The first kappa shape index (κ1) is 4.15. The molecule has 1 N–H and O–H groups in total. The standard InChI is InChI=1S/C3H3NS2/c5-2-1-3(6)4-2/h1H2,(H,4,5,6). The quantitative estimate of drug-likeness (QED) is 0.467. The smallest absolute Gasteiger partial charge is 0.0869 e. The van der Waals surface area contributed by atoms with E-state index in [2.05, 4.69) is 29.8 Å². The Kier molecular flexibility index (Phi) is 0.856. The molecule has 0 atom stereocenters. The Morgan fingerprint density at radius 1 is 1.33 bits per heavy atom. The van der Waals surface area contributed by atoms with Crippen molar-refractivity contribution in [1.29, 1.82) is 0 Å². The second kappa shape index (κ2) is 1.24. The first-order valence-electron chi connectivity index (χ1n) is 1.62. The van der Waals surface area contributed by atoms with Crippen molar-refractivity contribution in [2.24, 2.45) is 0 Å². The van der Waals surface area contributed by atoms with E-state index in [1.807, 2.05) is 0 Å². The van der Waals surface area contributed by atoms with Crippen molar-refractivity contribution in [3.05, 3.63) is 0 Å². The molecule has 1 aliphatic rings. The van der Waals surface area contributed by atoms with Gasteiger partial charge in [-0.2, -0.15) is 0 Å². The number of thiocarbonyl (C=S) groups is 2. The number of nitrogens with one attached hydrogen (secondary N) is 1. The molecule has 1 heterocycles.